The van der Waals surface area contributed by atoms with E-state index in [2.05, 4.69) is 0 Å². The summed E-state index contributed by atoms with van der Waals surface area (Å²) in [4.78, 5) is 38.2. The molecular weight excluding hydrogens is 498 g/mol. The number of ether oxygens (including phenoxy) is 2. The number of aliphatic hydroxyl groups excluding tert-OH is 1. The SMILES string of the molecule is C[C@@H]1C[C@H]2[C@@H]3C[C@H](F)C4=CC(=O)C=C[C@]4(C)[C@@]3(F)[C@@H](O)C[C@]2(C)[C@@]1(OC(=O)OC12CCC(CC1)C2)C(=O)O. The van der Waals surface area contributed by atoms with E-state index in [0.717, 1.165) is 38.2 Å². The van der Waals surface area contributed by atoms with Gasteiger partial charge < -0.3 is 19.7 Å². The van der Waals surface area contributed by atoms with E-state index in [1.54, 1.807) is 13.8 Å². The van der Waals surface area contributed by atoms with Crippen LogP contribution in [0.2, 0.25) is 0 Å². The molecule has 0 heterocycles. The smallest absolute Gasteiger partial charge is 0.478 e. The number of carbonyl (C=O) groups excluding carboxylic acids is 2. The van der Waals surface area contributed by atoms with E-state index in [4.69, 9.17) is 9.47 Å². The molecule has 2 N–H and O–H groups in total. The summed E-state index contributed by atoms with van der Waals surface area (Å²) in [6.45, 7) is 4.77. The van der Waals surface area contributed by atoms with Gasteiger partial charge in [-0.05, 0) is 87.9 Å². The standard InChI is InChI=1S/C29H36F2O7/c1-15-10-18-19-12-21(30)20-11-17(32)6-7-25(20,2)28(19,31)22(33)14-26(18,3)29(15,23(34)35)38-24(36)37-27-8-4-16(13-27)5-9-27/h6-7,11,15-16,18-19,21-22,33H,4-5,8-10,12-14H2,1-3H3,(H,34,35)/t15-,16?,18+,19+,21+,22+,25+,26+,27?,28+,29+/m1/s1. The van der Waals surface area contributed by atoms with Gasteiger partial charge in [-0.2, -0.15) is 0 Å². The number of fused-ring (bicyclic) bond motifs is 7. The molecule has 0 spiro atoms. The summed E-state index contributed by atoms with van der Waals surface area (Å²) in [5, 5.41) is 22.1. The first kappa shape index (κ1) is 26.0. The molecule has 0 saturated heterocycles. The number of allylic oxidation sites excluding steroid dienone is 4. The van der Waals surface area contributed by atoms with Crippen LogP contribution in [0.15, 0.2) is 23.8 Å². The van der Waals surface area contributed by atoms with Crippen LogP contribution in [0.3, 0.4) is 0 Å². The topological polar surface area (TPSA) is 110 Å². The van der Waals surface area contributed by atoms with E-state index in [9.17, 15) is 24.6 Å². The number of aliphatic hydroxyl groups is 1. The Morgan fingerprint density at radius 2 is 1.76 bits per heavy atom. The first-order chi connectivity index (χ1) is 17.7. The van der Waals surface area contributed by atoms with E-state index in [1.807, 2.05) is 0 Å². The molecule has 6 rings (SSSR count). The van der Waals surface area contributed by atoms with Crippen LogP contribution in [0, 0.1) is 34.5 Å². The van der Waals surface area contributed by atoms with Crippen molar-refractivity contribution in [3.8, 4) is 0 Å². The number of aliphatic carboxylic acids is 1. The van der Waals surface area contributed by atoms with Crippen molar-refractivity contribution in [3.63, 3.8) is 0 Å². The number of hydrogen-bond acceptors (Lipinski definition) is 6. The molecule has 0 unspecified atom stereocenters. The number of rotatable bonds is 3. The molecule has 9 heteroatoms. The van der Waals surface area contributed by atoms with Crippen LogP contribution >= 0.6 is 0 Å². The highest BCUT2D eigenvalue weighted by molar-refractivity contribution is 6.01. The Balaban J connectivity index is 1.38. The fourth-order valence-electron chi connectivity index (χ4n) is 9.85. The van der Waals surface area contributed by atoms with Crippen molar-refractivity contribution in [2.24, 2.45) is 34.5 Å². The lowest BCUT2D eigenvalue weighted by atomic mass is 9.44. The van der Waals surface area contributed by atoms with Crippen molar-refractivity contribution in [2.45, 2.75) is 101 Å². The van der Waals surface area contributed by atoms with Crippen molar-refractivity contribution < 1.29 is 42.9 Å². The second-order valence-corrected chi connectivity index (χ2v) is 13.3. The number of carboxylic acid groups (broad SMARTS) is 1. The van der Waals surface area contributed by atoms with E-state index >= 15 is 8.78 Å². The second kappa shape index (κ2) is 7.89. The number of hydrogen-bond donors (Lipinski definition) is 2. The molecule has 9 atom stereocenters. The van der Waals surface area contributed by atoms with Gasteiger partial charge in [0.05, 0.1) is 6.10 Å². The van der Waals surface area contributed by atoms with Gasteiger partial charge in [0.1, 0.15) is 11.8 Å². The molecule has 5 saturated carbocycles. The van der Waals surface area contributed by atoms with Crippen molar-refractivity contribution >= 4 is 17.9 Å². The number of halogens is 2. The minimum atomic E-state index is -2.33. The number of ketones is 1. The normalized spacial score (nSPS) is 52.6. The van der Waals surface area contributed by atoms with Crippen LogP contribution in [0.25, 0.3) is 0 Å². The zero-order chi connectivity index (χ0) is 27.5. The predicted molar refractivity (Wildman–Crippen MR) is 130 cm³/mol. The van der Waals surface area contributed by atoms with Crippen LogP contribution in [-0.2, 0) is 19.1 Å². The molecule has 2 bridgehead atoms. The summed E-state index contributed by atoms with van der Waals surface area (Å²) in [6.07, 6.45) is 2.99. The van der Waals surface area contributed by atoms with Gasteiger partial charge in [-0.3, -0.25) is 4.79 Å². The Morgan fingerprint density at radius 1 is 1.08 bits per heavy atom. The van der Waals surface area contributed by atoms with Gasteiger partial charge in [0, 0.05) is 22.7 Å². The fraction of sp³-hybridized carbons (Fsp3) is 0.759. The molecule has 0 radical (unpaired) electrons. The Bertz CT molecular complexity index is 1160. The van der Waals surface area contributed by atoms with E-state index in [-0.39, 0.29) is 24.8 Å². The maximum atomic E-state index is 17.4. The summed E-state index contributed by atoms with van der Waals surface area (Å²) in [5.74, 6) is -3.79. The van der Waals surface area contributed by atoms with Gasteiger partial charge in [0.15, 0.2) is 11.5 Å². The molecule has 0 aromatic heterocycles. The molecule has 5 fully saturated rings. The van der Waals surface area contributed by atoms with E-state index < -0.39 is 75.6 Å². The summed E-state index contributed by atoms with van der Waals surface area (Å²) >= 11 is 0. The van der Waals surface area contributed by atoms with Gasteiger partial charge in [0.25, 0.3) is 0 Å². The number of carboxylic acids is 1. The Kier molecular flexibility index (Phi) is 5.39. The molecule has 0 amide bonds. The van der Waals surface area contributed by atoms with Crippen LogP contribution in [0.4, 0.5) is 13.6 Å². The summed E-state index contributed by atoms with van der Waals surface area (Å²) in [6, 6.07) is 0. The summed E-state index contributed by atoms with van der Waals surface area (Å²) < 4.78 is 44.6. The maximum absolute atomic E-state index is 17.4. The summed E-state index contributed by atoms with van der Waals surface area (Å²) in [7, 11) is 0. The number of carbonyl (C=O) groups is 3. The Hall–Kier alpha value is -2.29. The van der Waals surface area contributed by atoms with Crippen LogP contribution < -0.4 is 0 Å². The van der Waals surface area contributed by atoms with Crippen molar-refractivity contribution in [2.75, 3.05) is 0 Å². The average molecular weight is 535 g/mol. The molecule has 0 aromatic carbocycles. The van der Waals surface area contributed by atoms with Gasteiger partial charge in [0.2, 0.25) is 5.60 Å². The van der Waals surface area contributed by atoms with Crippen LogP contribution in [0.1, 0.15) is 72.1 Å². The lowest BCUT2D eigenvalue weighted by molar-refractivity contribution is -0.233. The molecule has 0 aliphatic heterocycles. The first-order valence-corrected chi connectivity index (χ1v) is 13.8. The van der Waals surface area contributed by atoms with Crippen LogP contribution in [0.5, 0.6) is 0 Å². The lowest BCUT2D eigenvalue weighted by Gasteiger charge is -2.62. The summed E-state index contributed by atoms with van der Waals surface area (Å²) in [5.41, 5.74) is -7.98. The molecule has 6 aliphatic rings. The monoisotopic (exact) mass is 534 g/mol. The van der Waals surface area contributed by atoms with Crippen molar-refractivity contribution in [1.29, 1.82) is 0 Å². The second-order valence-electron chi connectivity index (χ2n) is 13.3. The third-order valence-corrected chi connectivity index (χ3v) is 11.7. The Morgan fingerprint density at radius 3 is 2.37 bits per heavy atom. The van der Waals surface area contributed by atoms with Crippen LogP contribution in [-0.4, -0.2) is 57.3 Å². The molecule has 38 heavy (non-hydrogen) atoms. The molecule has 6 aliphatic carbocycles. The Labute approximate surface area is 220 Å². The van der Waals surface area contributed by atoms with Crippen molar-refractivity contribution in [3.05, 3.63) is 23.8 Å². The third kappa shape index (κ3) is 3.00. The fourth-order valence-corrected chi connectivity index (χ4v) is 9.85. The third-order valence-electron chi connectivity index (χ3n) is 11.7. The first-order valence-electron chi connectivity index (χ1n) is 13.8. The van der Waals surface area contributed by atoms with Gasteiger partial charge in [-0.25, -0.2) is 18.4 Å². The average Bonchev–Trinajstić information content (AvgIpc) is 3.49. The molecule has 0 aromatic rings. The van der Waals surface area contributed by atoms with Gasteiger partial charge >= 0.3 is 12.1 Å². The largest absolute Gasteiger partial charge is 0.509 e. The van der Waals surface area contributed by atoms with Gasteiger partial charge in [-0.1, -0.05) is 19.9 Å². The van der Waals surface area contributed by atoms with Gasteiger partial charge in [-0.15, -0.1) is 0 Å². The highest BCUT2D eigenvalue weighted by Gasteiger charge is 2.78. The molecular formula is C29H36F2O7. The highest BCUT2D eigenvalue weighted by atomic mass is 19.1. The van der Waals surface area contributed by atoms with E-state index in [0.29, 0.717) is 5.92 Å². The lowest BCUT2D eigenvalue weighted by Crippen LogP contribution is -2.71. The number of alkyl halides is 2. The zero-order valence-corrected chi connectivity index (χ0v) is 22.0. The molecule has 208 valence electrons. The van der Waals surface area contributed by atoms with E-state index in [1.165, 1.54) is 19.1 Å². The quantitative estimate of drug-likeness (QED) is 0.498. The minimum absolute atomic E-state index is 0.00691. The maximum Gasteiger partial charge on any atom is 0.509 e. The highest BCUT2D eigenvalue weighted by Crippen LogP contribution is 2.71. The molecule has 7 nitrogen and oxygen atoms in total. The minimum Gasteiger partial charge on any atom is -0.478 e. The zero-order valence-electron chi connectivity index (χ0n) is 22.0. The van der Waals surface area contributed by atoms with Crippen molar-refractivity contribution in [1.82, 2.24) is 0 Å². The predicted octanol–water partition coefficient (Wildman–Crippen LogP) is 4.86.